The lowest BCUT2D eigenvalue weighted by Crippen LogP contribution is -2.47. The lowest BCUT2D eigenvalue weighted by Gasteiger charge is -2.33. The van der Waals surface area contributed by atoms with Crippen molar-refractivity contribution in [3.8, 4) is 11.4 Å². The number of halogens is 1. The van der Waals surface area contributed by atoms with E-state index in [0.717, 1.165) is 11.4 Å². The number of ether oxygens (including phenoxy) is 1. The Hall–Kier alpha value is -2.02. The molecule has 3 heterocycles. The predicted octanol–water partition coefficient (Wildman–Crippen LogP) is 1.05. The van der Waals surface area contributed by atoms with E-state index in [0.29, 0.717) is 25.7 Å². The lowest BCUT2D eigenvalue weighted by molar-refractivity contribution is 0.0851. The third-order valence-electron chi connectivity index (χ3n) is 3.39. The van der Waals surface area contributed by atoms with Crippen molar-refractivity contribution in [2.24, 2.45) is 7.05 Å². The van der Waals surface area contributed by atoms with Gasteiger partial charge in [-0.3, -0.25) is 4.68 Å². The summed E-state index contributed by atoms with van der Waals surface area (Å²) in [6.07, 6.45) is 3.41. The zero-order valence-electron chi connectivity index (χ0n) is 11.2. The molecule has 1 unspecified atom stereocenters. The van der Waals surface area contributed by atoms with Gasteiger partial charge in [0.15, 0.2) is 0 Å². The van der Waals surface area contributed by atoms with Crippen molar-refractivity contribution in [2.45, 2.75) is 6.04 Å². The molecule has 6 nitrogen and oxygen atoms in total. The summed E-state index contributed by atoms with van der Waals surface area (Å²) in [5.74, 6) is 0.537. The molecule has 0 aromatic carbocycles. The second kappa shape index (κ2) is 5.54. The van der Waals surface area contributed by atoms with E-state index >= 15 is 0 Å². The highest BCUT2D eigenvalue weighted by Crippen LogP contribution is 2.20. The minimum atomic E-state index is -0.473. The van der Waals surface area contributed by atoms with Crippen LogP contribution in [0.5, 0.6) is 0 Å². The van der Waals surface area contributed by atoms with Gasteiger partial charge in [0, 0.05) is 26.0 Å². The first-order valence-electron chi connectivity index (χ1n) is 6.51. The van der Waals surface area contributed by atoms with E-state index in [2.05, 4.69) is 15.1 Å². The SMILES string of the molecule is Cn1nccc1-c1ccnc(N2CCOCC2CF)n1. The lowest BCUT2D eigenvalue weighted by atomic mass is 10.2. The number of alkyl halides is 1. The van der Waals surface area contributed by atoms with E-state index in [1.807, 2.05) is 24.1 Å². The minimum absolute atomic E-state index is 0.314. The Balaban J connectivity index is 1.93. The second-order valence-electron chi connectivity index (χ2n) is 4.66. The number of hydrogen-bond donors (Lipinski definition) is 0. The number of morpholine rings is 1. The molecule has 0 bridgehead atoms. The summed E-state index contributed by atoms with van der Waals surface area (Å²) in [7, 11) is 1.86. The Morgan fingerprint density at radius 1 is 1.40 bits per heavy atom. The normalized spacial score (nSPS) is 19.3. The summed E-state index contributed by atoms with van der Waals surface area (Å²) in [6.45, 7) is 1.06. The molecule has 1 aliphatic rings. The summed E-state index contributed by atoms with van der Waals surface area (Å²) in [6, 6.07) is 3.40. The van der Waals surface area contributed by atoms with Gasteiger partial charge in [-0.1, -0.05) is 0 Å². The van der Waals surface area contributed by atoms with Crippen molar-refractivity contribution < 1.29 is 9.13 Å². The Labute approximate surface area is 116 Å². The largest absolute Gasteiger partial charge is 0.377 e. The molecular weight excluding hydrogens is 261 g/mol. The average Bonchev–Trinajstić information content (AvgIpc) is 2.93. The van der Waals surface area contributed by atoms with Crippen molar-refractivity contribution in [3.63, 3.8) is 0 Å². The fourth-order valence-corrected chi connectivity index (χ4v) is 2.30. The van der Waals surface area contributed by atoms with Gasteiger partial charge in [0.25, 0.3) is 0 Å². The maximum absolute atomic E-state index is 13.1. The van der Waals surface area contributed by atoms with Gasteiger partial charge >= 0.3 is 0 Å². The van der Waals surface area contributed by atoms with Crippen LogP contribution in [0.1, 0.15) is 0 Å². The Morgan fingerprint density at radius 3 is 3.05 bits per heavy atom. The van der Waals surface area contributed by atoms with E-state index in [1.165, 1.54) is 0 Å². The van der Waals surface area contributed by atoms with E-state index in [9.17, 15) is 4.39 Å². The van der Waals surface area contributed by atoms with Crippen molar-refractivity contribution in [1.82, 2.24) is 19.7 Å². The fourth-order valence-electron chi connectivity index (χ4n) is 2.30. The van der Waals surface area contributed by atoms with Crippen LogP contribution in [0.2, 0.25) is 0 Å². The first kappa shape index (κ1) is 13.0. The van der Waals surface area contributed by atoms with Gasteiger partial charge < -0.3 is 9.64 Å². The number of rotatable bonds is 3. The van der Waals surface area contributed by atoms with Crippen LogP contribution in [0.4, 0.5) is 10.3 Å². The Bertz CT molecular complexity index is 588. The van der Waals surface area contributed by atoms with Gasteiger partial charge in [0.1, 0.15) is 6.67 Å². The molecule has 7 heteroatoms. The van der Waals surface area contributed by atoms with Gasteiger partial charge in [-0.05, 0) is 12.1 Å². The molecule has 0 aliphatic carbocycles. The molecule has 0 radical (unpaired) electrons. The molecular formula is C13H16FN5O. The summed E-state index contributed by atoms with van der Waals surface area (Å²) >= 11 is 0. The van der Waals surface area contributed by atoms with Crippen LogP contribution in [-0.4, -0.2) is 52.2 Å². The first-order valence-corrected chi connectivity index (χ1v) is 6.51. The van der Waals surface area contributed by atoms with Crippen LogP contribution >= 0.6 is 0 Å². The van der Waals surface area contributed by atoms with E-state index in [-0.39, 0.29) is 6.04 Å². The highest BCUT2D eigenvalue weighted by atomic mass is 19.1. The molecule has 0 saturated carbocycles. The first-order chi connectivity index (χ1) is 9.79. The van der Waals surface area contributed by atoms with Gasteiger partial charge in [-0.15, -0.1) is 0 Å². The molecule has 0 amide bonds. The number of aromatic nitrogens is 4. The number of aryl methyl sites for hydroxylation is 1. The van der Waals surface area contributed by atoms with Crippen LogP contribution in [0.25, 0.3) is 11.4 Å². The third kappa shape index (κ3) is 2.36. The highest BCUT2D eigenvalue weighted by molar-refractivity contribution is 5.55. The molecule has 2 aromatic rings. The maximum Gasteiger partial charge on any atom is 0.226 e. The molecule has 0 spiro atoms. The predicted molar refractivity (Wildman–Crippen MR) is 72.2 cm³/mol. The topological polar surface area (TPSA) is 56.1 Å². The molecule has 1 atom stereocenters. The molecule has 0 N–H and O–H groups in total. The second-order valence-corrected chi connectivity index (χ2v) is 4.66. The van der Waals surface area contributed by atoms with Crippen molar-refractivity contribution in [1.29, 1.82) is 0 Å². The van der Waals surface area contributed by atoms with Gasteiger partial charge in [-0.2, -0.15) is 5.10 Å². The van der Waals surface area contributed by atoms with Crippen LogP contribution in [-0.2, 0) is 11.8 Å². The van der Waals surface area contributed by atoms with Crippen LogP contribution in [0.3, 0.4) is 0 Å². The smallest absolute Gasteiger partial charge is 0.226 e. The number of nitrogens with zero attached hydrogens (tertiary/aromatic N) is 5. The summed E-state index contributed by atoms with van der Waals surface area (Å²) < 4.78 is 20.1. The molecule has 20 heavy (non-hydrogen) atoms. The Kier molecular flexibility index (Phi) is 3.60. The van der Waals surface area contributed by atoms with Gasteiger partial charge in [0.05, 0.1) is 30.6 Å². The van der Waals surface area contributed by atoms with Gasteiger partial charge in [-0.25, -0.2) is 14.4 Å². The van der Waals surface area contributed by atoms with E-state index in [1.54, 1.807) is 17.1 Å². The Morgan fingerprint density at radius 2 is 2.30 bits per heavy atom. The van der Waals surface area contributed by atoms with Crippen LogP contribution in [0, 0.1) is 0 Å². The van der Waals surface area contributed by atoms with E-state index < -0.39 is 6.67 Å². The zero-order chi connectivity index (χ0) is 13.9. The zero-order valence-corrected chi connectivity index (χ0v) is 11.2. The quantitative estimate of drug-likeness (QED) is 0.839. The van der Waals surface area contributed by atoms with E-state index in [4.69, 9.17) is 4.74 Å². The standard InChI is InChI=1S/C13H16FN5O/c1-18-12(3-5-16-18)11-2-4-15-13(17-11)19-6-7-20-9-10(19)8-14/h2-5,10H,6-9H2,1H3. The molecule has 2 aromatic heterocycles. The van der Waals surface area contributed by atoms with Crippen molar-refractivity contribution >= 4 is 5.95 Å². The molecule has 1 saturated heterocycles. The average molecular weight is 277 g/mol. The number of hydrogen-bond acceptors (Lipinski definition) is 5. The van der Waals surface area contributed by atoms with Crippen LogP contribution < -0.4 is 4.90 Å². The number of anilines is 1. The molecule has 106 valence electrons. The van der Waals surface area contributed by atoms with Crippen molar-refractivity contribution in [3.05, 3.63) is 24.5 Å². The molecule has 1 fully saturated rings. The maximum atomic E-state index is 13.1. The van der Waals surface area contributed by atoms with Crippen molar-refractivity contribution in [2.75, 3.05) is 31.3 Å². The fraction of sp³-hybridized carbons (Fsp3) is 0.462. The highest BCUT2D eigenvalue weighted by Gasteiger charge is 2.25. The monoisotopic (exact) mass is 277 g/mol. The summed E-state index contributed by atoms with van der Waals surface area (Å²) in [5, 5.41) is 4.13. The third-order valence-corrected chi connectivity index (χ3v) is 3.39. The molecule has 3 rings (SSSR count). The summed E-state index contributed by atoms with van der Waals surface area (Å²) in [4.78, 5) is 10.7. The molecule has 1 aliphatic heterocycles. The van der Waals surface area contributed by atoms with Crippen LogP contribution in [0.15, 0.2) is 24.5 Å². The minimum Gasteiger partial charge on any atom is -0.377 e. The van der Waals surface area contributed by atoms with Gasteiger partial charge in [0.2, 0.25) is 5.95 Å². The summed E-state index contributed by atoms with van der Waals surface area (Å²) in [5.41, 5.74) is 1.68.